The highest BCUT2D eigenvalue weighted by Crippen LogP contribution is 2.23. The quantitative estimate of drug-likeness (QED) is 0.265. The number of benzene rings is 2. The predicted molar refractivity (Wildman–Crippen MR) is 135 cm³/mol. The van der Waals surface area contributed by atoms with Crippen LogP contribution in [0.2, 0.25) is 0 Å². The Hall–Kier alpha value is -1.54. The molecule has 0 saturated heterocycles. The standard InChI is InChI=1S/C28H40OS/c1-3-5-7-8-9-10-11-13-23-30-28(29)27-21-19-26(20-22-27)25-17-15-24(16-18-25)14-12-6-4-2/h15-22H,3-14,23H2,1-2H3. The van der Waals surface area contributed by atoms with Crippen LogP contribution >= 0.6 is 11.8 Å². The predicted octanol–water partition coefficient (Wildman–Crippen LogP) is 9.10. The second-order valence-electron chi connectivity index (χ2n) is 8.34. The molecule has 0 heterocycles. The maximum atomic E-state index is 12.4. The lowest BCUT2D eigenvalue weighted by Crippen LogP contribution is -1.95. The number of unbranched alkanes of at least 4 members (excludes halogenated alkanes) is 9. The number of aryl methyl sites for hydroxylation is 1. The fourth-order valence-corrected chi connectivity index (χ4v) is 4.56. The van der Waals surface area contributed by atoms with Crippen LogP contribution in [0.15, 0.2) is 48.5 Å². The molecule has 0 unspecified atom stereocenters. The van der Waals surface area contributed by atoms with E-state index in [4.69, 9.17) is 0 Å². The Morgan fingerprint density at radius 2 is 1.13 bits per heavy atom. The minimum Gasteiger partial charge on any atom is -0.282 e. The smallest absolute Gasteiger partial charge is 0.219 e. The van der Waals surface area contributed by atoms with Crippen molar-refractivity contribution >= 4 is 16.9 Å². The number of hydrogen-bond donors (Lipinski definition) is 0. The van der Waals surface area contributed by atoms with Gasteiger partial charge in [0.15, 0.2) is 0 Å². The lowest BCUT2D eigenvalue weighted by Gasteiger charge is -2.06. The van der Waals surface area contributed by atoms with Crippen LogP contribution in [0.5, 0.6) is 0 Å². The average molecular weight is 425 g/mol. The molecule has 2 aromatic rings. The van der Waals surface area contributed by atoms with E-state index in [1.807, 2.05) is 12.1 Å². The SMILES string of the molecule is CCCCCCCCCCSC(=O)c1ccc(-c2ccc(CCCCC)cc2)cc1. The zero-order chi connectivity index (χ0) is 21.4. The summed E-state index contributed by atoms with van der Waals surface area (Å²) in [4.78, 5) is 12.4. The van der Waals surface area contributed by atoms with Crippen LogP contribution < -0.4 is 0 Å². The van der Waals surface area contributed by atoms with Gasteiger partial charge in [-0.1, -0.05) is 120 Å². The van der Waals surface area contributed by atoms with Crippen molar-refractivity contribution in [3.8, 4) is 11.1 Å². The zero-order valence-corrected chi connectivity index (χ0v) is 19.9. The van der Waals surface area contributed by atoms with E-state index < -0.39 is 0 Å². The first kappa shape index (κ1) is 24.7. The van der Waals surface area contributed by atoms with Crippen LogP contribution in [0.25, 0.3) is 11.1 Å². The van der Waals surface area contributed by atoms with E-state index in [1.54, 1.807) is 0 Å². The van der Waals surface area contributed by atoms with Crippen molar-refractivity contribution in [2.45, 2.75) is 90.9 Å². The first-order chi connectivity index (χ1) is 14.7. The summed E-state index contributed by atoms with van der Waals surface area (Å²) in [6, 6.07) is 17.0. The van der Waals surface area contributed by atoms with Gasteiger partial charge in [-0.3, -0.25) is 4.79 Å². The molecule has 0 bridgehead atoms. The molecule has 2 aromatic carbocycles. The summed E-state index contributed by atoms with van der Waals surface area (Å²) < 4.78 is 0. The average Bonchev–Trinajstić information content (AvgIpc) is 2.78. The summed E-state index contributed by atoms with van der Waals surface area (Å²) in [5.74, 6) is 0.940. The van der Waals surface area contributed by atoms with Crippen molar-refractivity contribution < 1.29 is 4.79 Å². The largest absolute Gasteiger partial charge is 0.282 e. The maximum Gasteiger partial charge on any atom is 0.219 e. The summed E-state index contributed by atoms with van der Waals surface area (Å²) in [5, 5.41) is 0.204. The lowest BCUT2D eigenvalue weighted by atomic mass is 10.0. The molecule has 0 saturated carbocycles. The van der Waals surface area contributed by atoms with E-state index in [9.17, 15) is 4.79 Å². The van der Waals surface area contributed by atoms with E-state index in [0.717, 1.165) is 24.2 Å². The molecule has 0 aliphatic carbocycles. The van der Waals surface area contributed by atoms with Crippen LogP contribution in [0.3, 0.4) is 0 Å². The molecule has 0 fully saturated rings. The topological polar surface area (TPSA) is 17.1 Å². The molecular weight excluding hydrogens is 384 g/mol. The van der Waals surface area contributed by atoms with Gasteiger partial charge in [0, 0.05) is 11.3 Å². The van der Waals surface area contributed by atoms with Gasteiger partial charge in [0.25, 0.3) is 0 Å². The van der Waals surface area contributed by atoms with Gasteiger partial charge in [0.05, 0.1) is 0 Å². The van der Waals surface area contributed by atoms with Crippen molar-refractivity contribution in [3.63, 3.8) is 0 Å². The number of carbonyl (C=O) groups excluding carboxylic acids is 1. The Morgan fingerprint density at radius 3 is 1.73 bits per heavy atom. The molecule has 0 radical (unpaired) electrons. The Kier molecular flexibility index (Phi) is 12.6. The number of rotatable bonds is 15. The molecule has 0 N–H and O–H groups in total. The molecule has 2 rings (SSSR count). The Morgan fingerprint density at radius 1 is 0.633 bits per heavy atom. The summed E-state index contributed by atoms with van der Waals surface area (Å²) in [7, 11) is 0. The molecule has 1 nitrogen and oxygen atoms in total. The zero-order valence-electron chi connectivity index (χ0n) is 19.1. The van der Waals surface area contributed by atoms with Gasteiger partial charge in [-0.15, -0.1) is 0 Å². The van der Waals surface area contributed by atoms with E-state index in [-0.39, 0.29) is 5.12 Å². The van der Waals surface area contributed by atoms with Crippen LogP contribution in [0.1, 0.15) is 100 Å². The second kappa shape index (κ2) is 15.3. The molecule has 0 aliphatic heterocycles. The molecule has 0 amide bonds. The van der Waals surface area contributed by atoms with Crippen LogP contribution in [0, 0.1) is 0 Å². The molecule has 0 aromatic heterocycles. The summed E-state index contributed by atoms with van der Waals surface area (Å²) in [5.41, 5.74) is 4.63. The molecule has 0 aliphatic rings. The van der Waals surface area contributed by atoms with Gasteiger partial charge in [0.1, 0.15) is 0 Å². The van der Waals surface area contributed by atoms with E-state index in [1.165, 1.54) is 92.7 Å². The minimum atomic E-state index is 0.204. The van der Waals surface area contributed by atoms with Crippen LogP contribution in [0.4, 0.5) is 0 Å². The van der Waals surface area contributed by atoms with Crippen molar-refractivity contribution in [1.29, 1.82) is 0 Å². The highest BCUT2D eigenvalue weighted by atomic mass is 32.2. The fourth-order valence-electron chi connectivity index (χ4n) is 3.73. The number of hydrogen-bond acceptors (Lipinski definition) is 2. The van der Waals surface area contributed by atoms with E-state index >= 15 is 0 Å². The van der Waals surface area contributed by atoms with Crippen LogP contribution in [-0.2, 0) is 6.42 Å². The second-order valence-corrected chi connectivity index (χ2v) is 9.41. The van der Waals surface area contributed by atoms with Gasteiger partial charge in [-0.05, 0) is 48.1 Å². The fraction of sp³-hybridized carbons (Fsp3) is 0.536. The Bertz CT molecular complexity index is 702. The van der Waals surface area contributed by atoms with Gasteiger partial charge in [-0.25, -0.2) is 0 Å². The molecule has 0 spiro atoms. The number of thioether (sulfide) groups is 1. The third kappa shape index (κ3) is 9.51. The molecule has 2 heteroatoms. The van der Waals surface area contributed by atoms with Crippen molar-refractivity contribution in [3.05, 3.63) is 59.7 Å². The molecule has 30 heavy (non-hydrogen) atoms. The van der Waals surface area contributed by atoms with E-state index in [0.29, 0.717) is 0 Å². The summed E-state index contributed by atoms with van der Waals surface area (Å²) in [6.45, 7) is 4.50. The highest BCUT2D eigenvalue weighted by molar-refractivity contribution is 8.14. The summed E-state index contributed by atoms with van der Waals surface area (Å²) in [6.07, 6.45) is 15.5. The van der Waals surface area contributed by atoms with Crippen molar-refractivity contribution in [2.75, 3.05) is 5.75 Å². The first-order valence-corrected chi connectivity index (χ1v) is 13.1. The third-order valence-corrected chi connectivity index (χ3v) is 6.70. The minimum absolute atomic E-state index is 0.204. The number of carbonyl (C=O) groups is 1. The third-order valence-electron chi connectivity index (χ3n) is 5.71. The normalized spacial score (nSPS) is 11.0. The molecule has 164 valence electrons. The molecule has 0 atom stereocenters. The highest BCUT2D eigenvalue weighted by Gasteiger charge is 2.07. The van der Waals surface area contributed by atoms with E-state index in [2.05, 4.69) is 50.2 Å². The van der Waals surface area contributed by atoms with Gasteiger partial charge < -0.3 is 0 Å². The van der Waals surface area contributed by atoms with Crippen molar-refractivity contribution in [1.82, 2.24) is 0 Å². The van der Waals surface area contributed by atoms with Gasteiger partial charge >= 0.3 is 0 Å². The van der Waals surface area contributed by atoms with Crippen LogP contribution in [-0.4, -0.2) is 10.9 Å². The Balaban J connectivity index is 1.70. The first-order valence-electron chi connectivity index (χ1n) is 12.1. The maximum absolute atomic E-state index is 12.4. The van der Waals surface area contributed by atoms with Gasteiger partial charge in [0.2, 0.25) is 5.12 Å². The summed E-state index contributed by atoms with van der Waals surface area (Å²) >= 11 is 1.48. The molecular formula is C28H40OS. The monoisotopic (exact) mass is 424 g/mol. The van der Waals surface area contributed by atoms with Crippen molar-refractivity contribution in [2.24, 2.45) is 0 Å². The lowest BCUT2D eigenvalue weighted by molar-refractivity contribution is 0.108. The Labute approximate surface area is 189 Å². The van der Waals surface area contributed by atoms with Gasteiger partial charge in [-0.2, -0.15) is 0 Å².